The van der Waals surface area contributed by atoms with Gasteiger partial charge >= 0.3 is 12.1 Å². The molecule has 9 heteroatoms. The number of carbonyl (C=O) groups is 2. The van der Waals surface area contributed by atoms with Gasteiger partial charge in [0.2, 0.25) is 0 Å². The second-order valence-corrected chi connectivity index (χ2v) is 9.53. The van der Waals surface area contributed by atoms with Crippen molar-refractivity contribution in [2.75, 3.05) is 26.3 Å². The first-order valence-corrected chi connectivity index (χ1v) is 10.2. The molecule has 0 radical (unpaired) electrons. The molecule has 8 nitrogen and oxygen atoms in total. The van der Waals surface area contributed by atoms with Crippen LogP contribution in [0, 0.1) is 0 Å². The highest BCUT2D eigenvalue weighted by atomic mass is 32.2. The molecular weight excluding hydrogens is 372 g/mol. The van der Waals surface area contributed by atoms with E-state index in [1.165, 1.54) is 5.41 Å². The van der Waals surface area contributed by atoms with E-state index in [-0.39, 0.29) is 6.42 Å². The largest absolute Gasteiger partial charge is 0.460 e. The highest BCUT2D eigenvalue weighted by Gasteiger charge is 2.23. The van der Waals surface area contributed by atoms with Crippen molar-refractivity contribution in [3.8, 4) is 0 Å². The normalized spacial score (nSPS) is 18.7. The zero-order valence-electron chi connectivity index (χ0n) is 17.1. The number of hydrogen-bond acceptors (Lipinski definition) is 6. The minimum absolute atomic E-state index is 0.0900. The standard InChI is InChI=1S/C18H32N2O6S/c1-17(2,3)25-15(21)13-14(19-16(22)26-18(4,5)6)7-12-27(23)20-8-10-24-11-9-20/h7,12,14H,8-11,13H2,1-6H3,(H,19,22)/b12-7+. The van der Waals surface area contributed by atoms with Crippen molar-refractivity contribution in [2.24, 2.45) is 0 Å². The lowest BCUT2D eigenvalue weighted by atomic mass is 10.1. The van der Waals surface area contributed by atoms with Crippen LogP contribution in [0.5, 0.6) is 0 Å². The predicted molar refractivity (Wildman–Crippen MR) is 103 cm³/mol. The first-order valence-electron chi connectivity index (χ1n) is 8.99. The summed E-state index contributed by atoms with van der Waals surface area (Å²) >= 11 is 0. The van der Waals surface area contributed by atoms with Crippen LogP contribution in [0.15, 0.2) is 11.5 Å². The van der Waals surface area contributed by atoms with Crippen LogP contribution in [0.2, 0.25) is 0 Å². The Morgan fingerprint density at radius 2 is 1.67 bits per heavy atom. The summed E-state index contributed by atoms with van der Waals surface area (Å²) in [6.07, 6.45) is 0.796. The number of hydrogen-bond donors (Lipinski definition) is 1. The molecule has 0 aromatic rings. The van der Waals surface area contributed by atoms with Gasteiger partial charge in [-0.3, -0.25) is 4.79 Å². The minimum Gasteiger partial charge on any atom is -0.460 e. The Labute approximate surface area is 164 Å². The second-order valence-electron chi connectivity index (χ2n) is 8.19. The topological polar surface area (TPSA) is 94.2 Å². The third kappa shape index (κ3) is 11.1. The third-order valence-electron chi connectivity index (χ3n) is 3.16. The summed E-state index contributed by atoms with van der Waals surface area (Å²) in [5.74, 6) is -0.467. The molecule has 0 aliphatic carbocycles. The van der Waals surface area contributed by atoms with E-state index in [9.17, 15) is 13.8 Å². The summed E-state index contributed by atoms with van der Waals surface area (Å²) in [7, 11) is -1.37. The fraction of sp³-hybridized carbons (Fsp3) is 0.778. The van der Waals surface area contributed by atoms with E-state index < -0.39 is 40.3 Å². The van der Waals surface area contributed by atoms with Crippen LogP contribution in [-0.4, -0.2) is 64.1 Å². The first kappa shape index (κ1) is 23.6. The third-order valence-corrected chi connectivity index (χ3v) is 4.42. The van der Waals surface area contributed by atoms with E-state index in [2.05, 4.69) is 5.32 Å². The zero-order valence-corrected chi connectivity index (χ0v) is 17.9. The van der Waals surface area contributed by atoms with Crippen LogP contribution in [0.1, 0.15) is 48.0 Å². The SMILES string of the molecule is CC(C)(C)OC(=O)CC(/C=C/S(=O)N1CCOCC1)NC(=O)OC(C)(C)C. The number of esters is 1. The molecule has 1 rings (SSSR count). The molecule has 0 aromatic carbocycles. The quantitative estimate of drug-likeness (QED) is 0.682. The fourth-order valence-electron chi connectivity index (χ4n) is 2.16. The van der Waals surface area contributed by atoms with Gasteiger partial charge in [-0.25, -0.2) is 13.3 Å². The zero-order chi connectivity index (χ0) is 20.7. The van der Waals surface area contributed by atoms with Crippen molar-refractivity contribution >= 4 is 23.0 Å². The van der Waals surface area contributed by atoms with Crippen molar-refractivity contribution in [3.05, 3.63) is 11.5 Å². The van der Waals surface area contributed by atoms with Crippen LogP contribution in [-0.2, 0) is 30.0 Å². The van der Waals surface area contributed by atoms with Crippen LogP contribution in [0.25, 0.3) is 0 Å². The Balaban J connectivity index is 2.76. The van der Waals surface area contributed by atoms with Gasteiger partial charge in [0, 0.05) is 18.5 Å². The van der Waals surface area contributed by atoms with E-state index >= 15 is 0 Å². The number of rotatable bonds is 6. The van der Waals surface area contributed by atoms with Gasteiger partial charge in [-0.05, 0) is 41.5 Å². The molecule has 1 saturated heterocycles. The summed E-state index contributed by atoms with van der Waals surface area (Å²) in [6.45, 7) is 12.7. The summed E-state index contributed by atoms with van der Waals surface area (Å²) in [4.78, 5) is 24.2. The maximum absolute atomic E-state index is 12.4. The number of nitrogens with one attached hydrogen (secondary N) is 1. The van der Waals surface area contributed by atoms with Crippen LogP contribution in [0.4, 0.5) is 4.79 Å². The molecular formula is C18H32N2O6S. The maximum Gasteiger partial charge on any atom is 0.408 e. The van der Waals surface area contributed by atoms with Gasteiger partial charge in [0.05, 0.1) is 25.7 Å². The van der Waals surface area contributed by atoms with E-state index in [0.29, 0.717) is 26.3 Å². The van der Waals surface area contributed by atoms with E-state index in [1.807, 2.05) is 0 Å². The van der Waals surface area contributed by atoms with Gasteiger partial charge in [-0.2, -0.15) is 0 Å². The molecule has 2 atom stereocenters. The van der Waals surface area contributed by atoms with E-state index in [4.69, 9.17) is 14.2 Å². The Kier molecular flexibility index (Phi) is 8.90. The lowest BCUT2D eigenvalue weighted by Gasteiger charge is -2.25. The monoisotopic (exact) mass is 404 g/mol. The molecule has 1 aliphatic heterocycles. The fourth-order valence-corrected chi connectivity index (χ4v) is 3.17. The van der Waals surface area contributed by atoms with Crippen LogP contribution < -0.4 is 5.32 Å². The summed E-state index contributed by atoms with van der Waals surface area (Å²) in [5.41, 5.74) is -1.30. The molecule has 0 bridgehead atoms. The summed E-state index contributed by atoms with van der Waals surface area (Å²) in [6, 6.07) is -0.695. The van der Waals surface area contributed by atoms with Gasteiger partial charge in [0.25, 0.3) is 0 Å². The lowest BCUT2D eigenvalue weighted by molar-refractivity contribution is -0.155. The van der Waals surface area contributed by atoms with Crippen molar-refractivity contribution in [1.82, 2.24) is 9.62 Å². The van der Waals surface area contributed by atoms with Crippen molar-refractivity contribution < 1.29 is 28.0 Å². The maximum atomic E-state index is 12.4. The van der Waals surface area contributed by atoms with E-state index in [0.717, 1.165) is 0 Å². The number of carbonyl (C=O) groups excluding carboxylic acids is 2. The highest BCUT2D eigenvalue weighted by Crippen LogP contribution is 2.12. The molecule has 27 heavy (non-hydrogen) atoms. The molecule has 1 N–H and O–H groups in total. The molecule has 1 aliphatic rings. The Hall–Kier alpha value is -1.45. The van der Waals surface area contributed by atoms with Gasteiger partial charge in [-0.15, -0.1) is 0 Å². The molecule has 0 spiro atoms. The number of amides is 1. The Bertz CT molecular complexity index is 529. The van der Waals surface area contributed by atoms with Gasteiger partial charge in [0.1, 0.15) is 22.2 Å². The highest BCUT2D eigenvalue weighted by molar-refractivity contribution is 7.85. The lowest BCUT2D eigenvalue weighted by Crippen LogP contribution is -2.40. The minimum atomic E-state index is -1.37. The molecule has 2 unspecified atom stereocenters. The van der Waals surface area contributed by atoms with Crippen molar-refractivity contribution in [3.63, 3.8) is 0 Å². The number of alkyl carbamates (subject to hydrolysis) is 1. The van der Waals surface area contributed by atoms with Crippen LogP contribution >= 0.6 is 0 Å². The predicted octanol–water partition coefficient (Wildman–Crippen LogP) is 2.12. The number of ether oxygens (including phenoxy) is 3. The van der Waals surface area contributed by atoms with Gasteiger partial charge in [-0.1, -0.05) is 6.08 Å². The molecule has 0 aromatic heterocycles. The van der Waals surface area contributed by atoms with Gasteiger partial charge in [0.15, 0.2) is 0 Å². The average molecular weight is 405 g/mol. The molecule has 1 fully saturated rings. The Morgan fingerprint density at radius 3 is 2.19 bits per heavy atom. The first-order chi connectivity index (χ1) is 12.4. The summed E-state index contributed by atoms with van der Waals surface area (Å²) < 4.78 is 29.9. The van der Waals surface area contributed by atoms with E-state index in [1.54, 1.807) is 51.9 Å². The number of nitrogens with zero attached hydrogens (tertiary/aromatic N) is 1. The van der Waals surface area contributed by atoms with Crippen LogP contribution in [0.3, 0.4) is 0 Å². The Morgan fingerprint density at radius 1 is 1.11 bits per heavy atom. The average Bonchev–Trinajstić information content (AvgIpc) is 2.49. The van der Waals surface area contributed by atoms with Gasteiger partial charge < -0.3 is 19.5 Å². The number of morpholine rings is 1. The second kappa shape index (κ2) is 10.2. The smallest absolute Gasteiger partial charge is 0.408 e. The molecule has 1 heterocycles. The van der Waals surface area contributed by atoms with Crippen molar-refractivity contribution in [1.29, 1.82) is 0 Å². The summed E-state index contributed by atoms with van der Waals surface area (Å²) in [5, 5.41) is 4.09. The molecule has 1 amide bonds. The molecule has 0 saturated carbocycles. The van der Waals surface area contributed by atoms with Crippen molar-refractivity contribution in [2.45, 2.75) is 65.2 Å². The molecule has 156 valence electrons.